The second-order valence-electron chi connectivity index (χ2n) is 3.21. The van der Waals surface area contributed by atoms with Crippen LogP contribution in [0, 0.1) is 5.92 Å². The highest BCUT2D eigenvalue weighted by Crippen LogP contribution is 2.11. The summed E-state index contributed by atoms with van der Waals surface area (Å²) >= 11 is 0. The minimum Gasteiger partial charge on any atom is -0.465 e. The molecule has 1 aromatic carbocycles. The van der Waals surface area contributed by atoms with Gasteiger partial charge in [0.25, 0.3) is 0 Å². The van der Waals surface area contributed by atoms with Crippen molar-refractivity contribution in [3.05, 3.63) is 30.3 Å². The van der Waals surface area contributed by atoms with Crippen molar-refractivity contribution < 1.29 is 19.1 Å². The number of ether oxygens (including phenoxy) is 2. The van der Waals surface area contributed by atoms with E-state index >= 15 is 0 Å². The fourth-order valence-corrected chi connectivity index (χ4v) is 1.06. The Bertz CT molecular complexity index is 359. The largest absolute Gasteiger partial charge is 0.465 e. The quantitative estimate of drug-likeness (QED) is 0.443. The number of hydrogen-bond acceptors (Lipinski definition) is 4. The molecule has 1 unspecified atom stereocenters. The van der Waals surface area contributed by atoms with Gasteiger partial charge in [-0.1, -0.05) is 18.2 Å². The van der Waals surface area contributed by atoms with Crippen molar-refractivity contribution in [2.45, 2.75) is 13.8 Å². The fourth-order valence-electron chi connectivity index (χ4n) is 1.06. The van der Waals surface area contributed by atoms with Crippen molar-refractivity contribution >= 4 is 11.9 Å². The molecule has 0 aliphatic rings. The Kier molecular flexibility index (Phi) is 4.51. The lowest BCUT2D eigenvalue weighted by Crippen LogP contribution is -2.27. The molecule has 0 fully saturated rings. The summed E-state index contributed by atoms with van der Waals surface area (Å²) in [6, 6.07) is 8.60. The zero-order valence-electron chi connectivity index (χ0n) is 9.30. The Morgan fingerprint density at radius 2 is 1.81 bits per heavy atom. The molecule has 0 radical (unpaired) electrons. The summed E-state index contributed by atoms with van der Waals surface area (Å²) in [5, 5.41) is 0. The maximum atomic E-state index is 11.5. The van der Waals surface area contributed by atoms with Crippen LogP contribution in [0.15, 0.2) is 30.3 Å². The van der Waals surface area contributed by atoms with Gasteiger partial charge < -0.3 is 9.47 Å². The molecule has 1 atom stereocenters. The molecule has 0 heterocycles. The monoisotopic (exact) mass is 222 g/mol. The smallest absolute Gasteiger partial charge is 0.325 e. The van der Waals surface area contributed by atoms with Crippen LogP contribution in [-0.2, 0) is 14.3 Å². The molecule has 0 aliphatic carbocycles. The average molecular weight is 222 g/mol. The minimum atomic E-state index is -0.903. The van der Waals surface area contributed by atoms with Gasteiger partial charge in [0.05, 0.1) is 6.61 Å². The summed E-state index contributed by atoms with van der Waals surface area (Å²) < 4.78 is 9.73. The van der Waals surface area contributed by atoms with Crippen LogP contribution < -0.4 is 4.74 Å². The van der Waals surface area contributed by atoms with Gasteiger partial charge in [0.15, 0.2) is 5.92 Å². The van der Waals surface area contributed by atoms with E-state index in [1.165, 1.54) is 6.92 Å². The highest BCUT2D eigenvalue weighted by atomic mass is 16.6. The van der Waals surface area contributed by atoms with E-state index < -0.39 is 17.9 Å². The number of esters is 2. The Hall–Kier alpha value is -1.84. The first-order chi connectivity index (χ1) is 7.65. The number of rotatable bonds is 4. The molecular formula is C12H14O4. The van der Waals surface area contributed by atoms with Gasteiger partial charge in [0.2, 0.25) is 0 Å². The normalized spacial score (nSPS) is 11.6. The van der Waals surface area contributed by atoms with Crippen LogP contribution in [0.5, 0.6) is 5.75 Å². The van der Waals surface area contributed by atoms with Gasteiger partial charge in [0.1, 0.15) is 5.75 Å². The zero-order chi connectivity index (χ0) is 12.0. The predicted octanol–water partition coefficient (Wildman–Crippen LogP) is 1.79. The molecule has 0 bridgehead atoms. The first kappa shape index (κ1) is 12.2. The third-order valence-electron chi connectivity index (χ3n) is 1.96. The molecule has 0 spiro atoms. The van der Waals surface area contributed by atoms with Gasteiger partial charge in [-0.15, -0.1) is 0 Å². The van der Waals surface area contributed by atoms with Crippen LogP contribution in [-0.4, -0.2) is 18.5 Å². The van der Waals surface area contributed by atoms with Crippen molar-refractivity contribution in [3.63, 3.8) is 0 Å². The van der Waals surface area contributed by atoms with E-state index in [9.17, 15) is 9.59 Å². The number of carbonyl (C=O) groups is 2. The molecular weight excluding hydrogens is 208 g/mol. The predicted molar refractivity (Wildman–Crippen MR) is 57.9 cm³/mol. The third kappa shape index (κ3) is 3.38. The van der Waals surface area contributed by atoms with Crippen LogP contribution in [0.2, 0.25) is 0 Å². The number of carbonyl (C=O) groups excluding carboxylic acids is 2. The molecule has 4 nitrogen and oxygen atoms in total. The second-order valence-corrected chi connectivity index (χ2v) is 3.21. The first-order valence-electron chi connectivity index (χ1n) is 5.08. The van der Waals surface area contributed by atoms with Gasteiger partial charge in [-0.3, -0.25) is 9.59 Å². The van der Waals surface area contributed by atoms with Crippen molar-refractivity contribution in [1.29, 1.82) is 0 Å². The molecule has 0 N–H and O–H groups in total. The zero-order valence-corrected chi connectivity index (χ0v) is 9.30. The Balaban J connectivity index is 2.56. The maximum Gasteiger partial charge on any atom is 0.325 e. The topological polar surface area (TPSA) is 52.6 Å². The molecule has 16 heavy (non-hydrogen) atoms. The molecule has 0 saturated carbocycles. The van der Waals surface area contributed by atoms with Gasteiger partial charge in [-0.2, -0.15) is 0 Å². The lowest BCUT2D eigenvalue weighted by molar-refractivity contribution is -0.156. The summed E-state index contributed by atoms with van der Waals surface area (Å²) in [5.74, 6) is -1.66. The van der Waals surface area contributed by atoms with Crippen LogP contribution >= 0.6 is 0 Å². The van der Waals surface area contributed by atoms with Gasteiger partial charge in [-0.05, 0) is 26.0 Å². The summed E-state index contributed by atoms with van der Waals surface area (Å²) in [4.78, 5) is 22.8. The van der Waals surface area contributed by atoms with Crippen LogP contribution in [0.3, 0.4) is 0 Å². The highest BCUT2D eigenvalue weighted by molar-refractivity contribution is 5.95. The number of para-hydroxylation sites is 1. The van der Waals surface area contributed by atoms with Crippen LogP contribution in [0.1, 0.15) is 13.8 Å². The van der Waals surface area contributed by atoms with E-state index in [1.807, 2.05) is 6.07 Å². The van der Waals surface area contributed by atoms with Crippen molar-refractivity contribution in [3.8, 4) is 5.75 Å². The van der Waals surface area contributed by atoms with Crippen molar-refractivity contribution in [2.75, 3.05) is 6.61 Å². The Labute approximate surface area is 94.2 Å². The maximum absolute atomic E-state index is 11.5. The summed E-state index contributed by atoms with van der Waals surface area (Å²) in [6.07, 6.45) is 0. The standard InChI is InChI=1S/C12H14O4/c1-3-15-11(13)9(2)12(14)16-10-7-5-4-6-8-10/h4-9H,3H2,1-2H3. The molecule has 1 aromatic rings. The summed E-state index contributed by atoms with van der Waals surface area (Å²) in [6.45, 7) is 3.40. The van der Waals surface area contributed by atoms with Crippen molar-refractivity contribution in [2.24, 2.45) is 5.92 Å². The van der Waals surface area contributed by atoms with E-state index in [1.54, 1.807) is 31.2 Å². The first-order valence-corrected chi connectivity index (χ1v) is 5.08. The molecule has 0 saturated heterocycles. The van der Waals surface area contributed by atoms with Crippen LogP contribution in [0.4, 0.5) is 0 Å². The van der Waals surface area contributed by atoms with E-state index in [0.717, 1.165) is 0 Å². The molecule has 0 aliphatic heterocycles. The van der Waals surface area contributed by atoms with E-state index in [-0.39, 0.29) is 6.61 Å². The van der Waals surface area contributed by atoms with Gasteiger partial charge in [0, 0.05) is 0 Å². The number of hydrogen-bond donors (Lipinski definition) is 0. The summed E-state index contributed by atoms with van der Waals surface area (Å²) in [5.41, 5.74) is 0. The average Bonchev–Trinajstić information content (AvgIpc) is 2.29. The molecule has 0 aromatic heterocycles. The van der Waals surface area contributed by atoms with Gasteiger partial charge in [-0.25, -0.2) is 0 Å². The Morgan fingerprint density at radius 3 is 2.38 bits per heavy atom. The van der Waals surface area contributed by atoms with E-state index in [2.05, 4.69) is 0 Å². The SMILES string of the molecule is CCOC(=O)C(C)C(=O)Oc1ccccc1. The lowest BCUT2D eigenvalue weighted by atomic mass is 10.2. The lowest BCUT2D eigenvalue weighted by Gasteiger charge is -2.09. The van der Waals surface area contributed by atoms with E-state index in [4.69, 9.17) is 9.47 Å². The Morgan fingerprint density at radius 1 is 1.19 bits per heavy atom. The number of benzene rings is 1. The van der Waals surface area contributed by atoms with E-state index in [0.29, 0.717) is 5.75 Å². The van der Waals surface area contributed by atoms with Crippen LogP contribution in [0.25, 0.3) is 0 Å². The highest BCUT2D eigenvalue weighted by Gasteiger charge is 2.24. The molecule has 0 amide bonds. The molecule has 4 heteroatoms. The fraction of sp³-hybridized carbons (Fsp3) is 0.333. The van der Waals surface area contributed by atoms with Crippen molar-refractivity contribution in [1.82, 2.24) is 0 Å². The third-order valence-corrected chi connectivity index (χ3v) is 1.96. The minimum absolute atomic E-state index is 0.252. The second kappa shape index (κ2) is 5.90. The molecule has 1 rings (SSSR count). The molecule has 86 valence electrons. The van der Waals surface area contributed by atoms with Gasteiger partial charge >= 0.3 is 11.9 Å². The summed E-state index contributed by atoms with van der Waals surface area (Å²) in [7, 11) is 0.